The molecule has 1 unspecified atom stereocenters. The van der Waals surface area contributed by atoms with Gasteiger partial charge in [-0.2, -0.15) is 0 Å². The number of rotatable bonds is 4. The van der Waals surface area contributed by atoms with E-state index in [2.05, 4.69) is 24.1 Å². The summed E-state index contributed by atoms with van der Waals surface area (Å²) in [5.74, 6) is 0. The molecular formula is C14H28N2O. The monoisotopic (exact) mass is 240 g/mol. The molecule has 1 atom stereocenters. The molecule has 1 aliphatic carbocycles. The first-order valence-corrected chi connectivity index (χ1v) is 7.33. The lowest BCUT2D eigenvalue weighted by molar-refractivity contribution is 0.0207. The van der Waals surface area contributed by atoms with E-state index < -0.39 is 0 Å². The Bertz CT molecular complexity index is 221. The van der Waals surface area contributed by atoms with Gasteiger partial charge < -0.3 is 10.1 Å². The minimum atomic E-state index is 0.374. The largest absolute Gasteiger partial charge is 0.377 e. The van der Waals surface area contributed by atoms with Gasteiger partial charge in [-0.1, -0.05) is 19.3 Å². The van der Waals surface area contributed by atoms with Crippen LogP contribution < -0.4 is 5.32 Å². The Morgan fingerprint density at radius 3 is 2.76 bits per heavy atom. The van der Waals surface area contributed by atoms with Crippen molar-refractivity contribution in [2.45, 2.75) is 57.6 Å². The minimum absolute atomic E-state index is 0.374. The summed E-state index contributed by atoms with van der Waals surface area (Å²) >= 11 is 0. The Morgan fingerprint density at radius 1 is 1.29 bits per heavy atom. The fourth-order valence-electron chi connectivity index (χ4n) is 3.46. The van der Waals surface area contributed by atoms with Crippen LogP contribution in [0.25, 0.3) is 0 Å². The normalized spacial score (nSPS) is 27.2. The zero-order valence-electron chi connectivity index (χ0n) is 11.5. The van der Waals surface area contributed by atoms with Gasteiger partial charge in [-0.3, -0.25) is 4.90 Å². The number of hydrogen-bond donors (Lipinski definition) is 1. The van der Waals surface area contributed by atoms with Crippen LogP contribution in [0.4, 0.5) is 0 Å². The summed E-state index contributed by atoms with van der Waals surface area (Å²) < 4.78 is 5.66. The van der Waals surface area contributed by atoms with E-state index in [0.29, 0.717) is 11.6 Å². The second kappa shape index (κ2) is 6.17. The van der Waals surface area contributed by atoms with Gasteiger partial charge in [-0.15, -0.1) is 0 Å². The van der Waals surface area contributed by atoms with Crippen molar-refractivity contribution in [3.8, 4) is 0 Å². The third-order valence-electron chi connectivity index (χ3n) is 4.23. The van der Waals surface area contributed by atoms with Gasteiger partial charge in [-0.25, -0.2) is 0 Å². The molecule has 100 valence electrons. The number of nitrogens with one attached hydrogen (secondary N) is 1. The van der Waals surface area contributed by atoms with Gasteiger partial charge in [0.05, 0.1) is 6.10 Å². The molecule has 1 saturated heterocycles. The fraction of sp³-hybridized carbons (Fsp3) is 1.00. The van der Waals surface area contributed by atoms with Crippen LogP contribution in [0.3, 0.4) is 0 Å². The minimum Gasteiger partial charge on any atom is -0.377 e. The first-order chi connectivity index (χ1) is 8.24. The average molecular weight is 240 g/mol. The topological polar surface area (TPSA) is 24.5 Å². The third-order valence-corrected chi connectivity index (χ3v) is 4.23. The van der Waals surface area contributed by atoms with E-state index in [1.165, 1.54) is 45.2 Å². The average Bonchev–Trinajstić information content (AvgIpc) is 2.30. The van der Waals surface area contributed by atoms with Crippen LogP contribution in [0.1, 0.15) is 46.0 Å². The van der Waals surface area contributed by atoms with Crippen molar-refractivity contribution < 1.29 is 4.74 Å². The van der Waals surface area contributed by atoms with Crippen molar-refractivity contribution in [3.05, 3.63) is 0 Å². The highest BCUT2D eigenvalue weighted by Crippen LogP contribution is 2.30. The molecule has 0 radical (unpaired) electrons. The SMILES string of the molecule is CCOC(C)CN1CCNC2(CCCCC2)C1. The zero-order valence-corrected chi connectivity index (χ0v) is 11.5. The second-order valence-corrected chi connectivity index (χ2v) is 5.77. The van der Waals surface area contributed by atoms with Crippen LogP contribution in [0.15, 0.2) is 0 Å². The highest BCUT2D eigenvalue weighted by molar-refractivity contribution is 4.96. The Hall–Kier alpha value is -0.120. The van der Waals surface area contributed by atoms with Crippen molar-refractivity contribution in [3.63, 3.8) is 0 Å². The molecule has 0 aromatic heterocycles. The van der Waals surface area contributed by atoms with E-state index in [-0.39, 0.29) is 0 Å². The van der Waals surface area contributed by atoms with E-state index in [9.17, 15) is 0 Å². The van der Waals surface area contributed by atoms with Gasteiger partial charge >= 0.3 is 0 Å². The summed E-state index contributed by atoms with van der Waals surface area (Å²) in [5.41, 5.74) is 0.433. The molecule has 0 aromatic rings. The molecule has 0 amide bonds. The van der Waals surface area contributed by atoms with Crippen LogP contribution in [0, 0.1) is 0 Å². The van der Waals surface area contributed by atoms with Crippen LogP contribution in [-0.2, 0) is 4.74 Å². The van der Waals surface area contributed by atoms with Gasteiger partial charge in [0.25, 0.3) is 0 Å². The molecule has 1 saturated carbocycles. The summed E-state index contributed by atoms with van der Waals surface area (Å²) in [4.78, 5) is 2.60. The first kappa shape index (κ1) is 13.3. The Morgan fingerprint density at radius 2 is 2.06 bits per heavy atom. The van der Waals surface area contributed by atoms with Crippen molar-refractivity contribution in [2.24, 2.45) is 0 Å². The maximum Gasteiger partial charge on any atom is 0.0673 e. The van der Waals surface area contributed by atoms with Crippen LogP contribution >= 0.6 is 0 Å². The maximum absolute atomic E-state index is 5.66. The van der Waals surface area contributed by atoms with E-state index in [1.807, 2.05) is 0 Å². The molecule has 17 heavy (non-hydrogen) atoms. The lowest BCUT2D eigenvalue weighted by Gasteiger charge is -2.46. The van der Waals surface area contributed by atoms with Gasteiger partial charge in [-0.05, 0) is 26.7 Å². The Kier molecular flexibility index (Phi) is 4.83. The smallest absolute Gasteiger partial charge is 0.0673 e. The van der Waals surface area contributed by atoms with Crippen LogP contribution in [-0.4, -0.2) is 49.3 Å². The van der Waals surface area contributed by atoms with Crippen molar-refractivity contribution in [1.82, 2.24) is 10.2 Å². The van der Waals surface area contributed by atoms with E-state index >= 15 is 0 Å². The lowest BCUT2D eigenvalue weighted by atomic mass is 9.80. The highest BCUT2D eigenvalue weighted by atomic mass is 16.5. The van der Waals surface area contributed by atoms with E-state index in [0.717, 1.165) is 19.7 Å². The molecule has 1 heterocycles. The van der Waals surface area contributed by atoms with Crippen molar-refractivity contribution in [2.75, 3.05) is 32.8 Å². The summed E-state index contributed by atoms with van der Waals surface area (Å²) in [5, 5.41) is 3.79. The first-order valence-electron chi connectivity index (χ1n) is 7.33. The Labute approximate surface area is 106 Å². The zero-order chi connectivity index (χ0) is 12.1. The quantitative estimate of drug-likeness (QED) is 0.813. The summed E-state index contributed by atoms with van der Waals surface area (Å²) in [7, 11) is 0. The second-order valence-electron chi connectivity index (χ2n) is 5.77. The molecule has 2 aliphatic rings. The predicted molar refractivity (Wildman–Crippen MR) is 71.3 cm³/mol. The van der Waals surface area contributed by atoms with Gasteiger partial charge in [0.2, 0.25) is 0 Å². The van der Waals surface area contributed by atoms with Gasteiger partial charge in [0, 0.05) is 38.3 Å². The summed E-state index contributed by atoms with van der Waals surface area (Å²) in [6.07, 6.45) is 7.35. The lowest BCUT2D eigenvalue weighted by Crippen LogP contribution is -2.61. The van der Waals surface area contributed by atoms with E-state index in [4.69, 9.17) is 4.74 Å². The molecule has 2 fully saturated rings. The molecule has 2 rings (SSSR count). The Balaban J connectivity index is 1.83. The highest BCUT2D eigenvalue weighted by Gasteiger charge is 2.36. The van der Waals surface area contributed by atoms with Crippen LogP contribution in [0.5, 0.6) is 0 Å². The maximum atomic E-state index is 5.66. The molecule has 3 nitrogen and oxygen atoms in total. The van der Waals surface area contributed by atoms with Crippen molar-refractivity contribution >= 4 is 0 Å². The molecule has 0 aromatic carbocycles. The molecule has 3 heteroatoms. The van der Waals surface area contributed by atoms with E-state index in [1.54, 1.807) is 0 Å². The van der Waals surface area contributed by atoms with Gasteiger partial charge in [0.1, 0.15) is 0 Å². The molecular weight excluding hydrogens is 212 g/mol. The van der Waals surface area contributed by atoms with Gasteiger partial charge in [0.15, 0.2) is 0 Å². The third kappa shape index (κ3) is 3.67. The summed E-state index contributed by atoms with van der Waals surface area (Å²) in [6, 6.07) is 0. The standard InChI is InChI=1S/C14H28N2O/c1-3-17-13(2)11-16-10-9-15-14(12-16)7-5-4-6-8-14/h13,15H,3-12H2,1-2H3. The molecule has 1 spiro atoms. The number of ether oxygens (including phenoxy) is 1. The molecule has 1 N–H and O–H groups in total. The van der Waals surface area contributed by atoms with Crippen LogP contribution in [0.2, 0.25) is 0 Å². The number of piperazine rings is 1. The fourth-order valence-corrected chi connectivity index (χ4v) is 3.46. The molecule has 1 aliphatic heterocycles. The molecule has 0 bridgehead atoms. The van der Waals surface area contributed by atoms with Crippen molar-refractivity contribution in [1.29, 1.82) is 0 Å². The number of nitrogens with zero attached hydrogens (tertiary/aromatic N) is 1. The predicted octanol–water partition coefficient (Wildman–Crippen LogP) is 2.02. The number of hydrogen-bond acceptors (Lipinski definition) is 3. The summed E-state index contributed by atoms with van der Waals surface area (Å²) in [6.45, 7) is 9.76.